The maximum atomic E-state index is 14.2. The number of hydrogen-bond acceptors (Lipinski definition) is 3. The van der Waals surface area contributed by atoms with Gasteiger partial charge >= 0.3 is 0 Å². The summed E-state index contributed by atoms with van der Waals surface area (Å²) in [5.74, 6) is -1.20. The molecule has 7 heteroatoms. The third kappa shape index (κ3) is 4.70. The van der Waals surface area contributed by atoms with E-state index in [-0.39, 0.29) is 23.9 Å². The van der Waals surface area contributed by atoms with E-state index < -0.39 is 17.3 Å². The molecular formula is C18H25ClFN3O2. The Morgan fingerprint density at radius 1 is 1.20 bits per heavy atom. The van der Waals surface area contributed by atoms with E-state index in [4.69, 9.17) is 5.73 Å². The van der Waals surface area contributed by atoms with Crippen molar-refractivity contribution in [2.45, 2.75) is 56.9 Å². The van der Waals surface area contributed by atoms with Crippen molar-refractivity contribution < 1.29 is 14.0 Å². The summed E-state index contributed by atoms with van der Waals surface area (Å²) in [6, 6.07) is 2.76. The van der Waals surface area contributed by atoms with E-state index in [2.05, 4.69) is 10.6 Å². The lowest BCUT2D eigenvalue weighted by molar-refractivity contribution is -0.116. The first-order valence-corrected chi connectivity index (χ1v) is 8.66. The molecule has 0 spiro atoms. The van der Waals surface area contributed by atoms with Gasteiger partial charge < -0.3 is 16.4 Å². The number of amides is 2. The number of aryl methyl sites for hydroxylation is 1. The molecule has 1 aromatic carbocycles. The highest BCUT2D eigenvalue weighted by Gasteiger charge is 2.27. The maximum Gasteiger partial charge on any atom is 0.254 e. The summed E-state index contributed by atoms with van der Waals surface area (Å²) >= 11 is 0. The van der Waals surface area contributed by atoms with Crippen molar-refractivity contribution in [3.05, 3.63) is 29.1 Å². The molecule has 0 unspecified atom stereocenters. The Kier molecular flexibility index (Phi) is 6.41. The van der Waals surface area contributed by atoms with Gasteiger partial charge in [-0.1, -0.05) is 25.7 Å². The second-order valence-electron chi connectivity index (χ2n) is 7.00. The van der Waals surface area contributed by atoms with Gasteiger partial charge in [0.05, 0.1) is 5.56 Å². The largest absolute Gasteiger partial charge is 0.350 e. The Labute approximate surface area is 153 Å². The minimum atomic E-state index is -0.625. The molecule has 1 aliphatic carbocycles. The first-order chi connectivity index (χ1) is 11.5. The normalized spacial score (nSPS) is 19.0. The van der Waals surface area contributed by atoms with Crippen LogP contribution in [-0.4, -0.2) is 23.9 Å². The molecule has 138 valence electrons. The van der Waals surface area contributed by atoms with Gasteiger partial charge in [0.1, 0.15) is 5.82 Å². The number of nitrogens with one attached hydrogen (secondary N) is 2. The van der Waals surface area contributed by atoms with Gasteiger partial charge in [0.2, 0.25) is 5.91 Å². The number of carbonyl (C=O) groups is 2. The van der Waals surface area contributed by atoms with E-state index >= 15 is 0 Å². The highest BCUT2D eigenvalue weighted by Crippen LogP contribution is 2.27. The number of nitrogens with two attached hydrogens (primary N) is 1. The molecule has 0 aromatic heterocycles. The number of anilines is 1. The molecular weight excluding hydrogens is 345 g/mol. The molecule has 25 heavy (non-hydrogen) atoms. The second-order valence-corrected chi connectivity index (χ2v) is 7.00. The van der Waals surface area contributed by atoms with Gasteiger partial charge in [-0.05, 0) is 37.0 Å². The lowest BCUT2D eigenvalue weighted by atomic mass is 9.91. The number of benzene rings is 1. The average molecular weight is 370 g/mol. The fraction of sp³-hybridized carbons (Fsp3) is 0.556. The molecule has 1 fully saturated rings. The van der Waals surface area contributed by atoms with E-state index in [1.165, 1.54) is 25.0 Å². The third-order valence-corrected chi connectivity index (χ3v) is 5.03. The van der Waals surface area contributed by atoms with Crippen LogP contribution in [0.3, 0.4) is 0 Å². The number of fused-ring (bicyclic) bond motifs is 1. The number of hydrogen-bond donors (Lipinski definition) is 3. The smallest absolute Gasteiger partial charge is 0.254 e. The molecule has 0 bridgehead atoms. The quantitative estimate of drug-likeness (QED) is 0.716. The van der Waals surface area contributed by atoms with Crippen molar-refractivity contribution in [3.63, 3.8) is 0 Å². The first kappa shape index (κ1) is 19.7. The van der Waals surface area contributed by atoms with E-state index in [1.807, 2.05) is 0 Å². The predicted octanol–water partition coefficient (Wildman–Crippen LogP) is 2.91. The third-order valence-electron chi connectivity index (χ3n) is 5.03. The van der Waals surface area contributed by atoms with Crippen LogP contribution in [0.25, 0.3) is 0 Å². The molecule has 4 N–H and O–H groups in total. The molecule has 2 amide bonds. The first-order valence-electron chi connectivity index (χ1n) is 8.66. The maximum absolute atomic E-state index is 14.2. The van der Waals surface area contributed by atoms with Crippen molar-refractivity contribution in [3.8, 4) is 0 Å². The molecule has 1 saturated carbocycles. The zero-order valence-electron chi connectivity index (χ0n) is 14.2. The SMILES string of the molecule is Cl.NC1(CNC(=O)c2cc3c(cc2F)NC(=O)CC3)CCCCCC1. The van der Waals surface area contributed by atoms with Crippen LogP contribution in [0.1, 0.15) is 60.9 Å². The van der Waals surface area contributed by atoms with Gasteiger partial charge in [0.25, 0.3) is 5.91 Å². The lowest BCUT2D eigenvalue weighted by Crippen LogP contribution is -2.49. The van der Waals surface area contributed by atoms with E-state index in [0.717, 1.165) is 31.2 Å². The van der Waals surface area contributed by atoms with Crippen molar-refractivity contribution in [2.75, 3.05) is 11.9 Å². The number of carbonyl (C=O) groups excluding carboxylic acids is 2. The zero-order chi connectivity index (χ0) is 17.2. The van der Waals surface area contributed by atoms with Crippen molar-refractivity contribution in [1.29, 1.82) is 0 Å². The topological polar surface area (TPSA) is 84.2 Å². The predicted molar refractivity (Wildman–Crippen MR) is 97.6 cm³/mol. The summed E-state index contributed by atoms with van der Waals surface area (Å²) in [6.07, 6.45) is 7.13. The van der Waals surface area contributed by atoms with Crippen LogP contribution >= 0.6 is 12.4 Å². The minimum absolute atomic E-state index is 0. The van der Waals surface area contributed by atoms with Crippen molar-refractivity contribution in [2.24, 2.45) is 5.73 Å². The highest BCUT2D eigenvalue weighted by molar-refractivity contribution is 5.98. The van der Waals surface area contributed by atoms with Crippen molar-refractivity contribution in [1.82, 2.24) is 5.32 Å². The summed E-state index contributed by atoms with van der Waals surface area (Å²) in [4.78, 5) is 23.8. The van der Waals surface area contributed by atoms with Crippen molar-refractivity contribution >= 4 is 29.9 Å². The minimum Gasteiger partial charge on any atom is -0.350 e. The van der Waals surface area contributed by atoms with Gasteiger partial charge in [-0.2, -0.15) is 0 Å². The van der Waals surface area contributed by atoms with Gasteiger partial charge in [-0.3, -0.25) is 9.59 Å². The summed E-state index contributed by atoms with van der Waals surface area (Å²) < 4.78 is 14.2. The monoisotopic (exact) mass is 369 g/mol. The van der Waals surface area contributed by atoms with Gasteiger partial charge in [-0.25, -0.2) is 4.39 Å². The summed E-state index contributed by atoms with van der Waals surface area (Å²) in [5.41, 5.74) is 7.26. The fourth-order valence-electron chi connectivity index (χ4n) is 3.54. The molecule has 1 aromatic rings. The molecule has 0 radical (unpaired) electrons. The molecule has 1 heterocycles. The van der Waals surface area contributed by atoms with E-state index in [1.54, 1.807) is 0 Å². The molecule has 3 rings (SSSR count). The molecule has 1 aliphatic heterocycles. The van der Waals surface area contributed by atoms with Gasteiger partial charge in [0, 0.05) is 24.2 Å². The Balaban J connectivity index is 0.00000225. The zero-order valence-corrected chi connectivity index (χ0v) is 15.0. The van der Waals surface area contributed by atoms with Gasteiger partial charge in [-0.15, -0.1) is 12.4 Å². The summed E-state index contributed by atoms with van der Waals surface area (Å²) in [6.45, 7) is 0.360. The highest BCUT2D eigenvalue weighted by atomic mass is 35.5. The summed E-state index contributed by atoms with van der Waals surface area (Å²) in [5, 5.41) is 5.43. The van der Waals surface area contributed by atoms with E-state index in [0.29, 0.717) is 25.1 Å². The lowest BCUT2D eigenvalue weighted by Gasteiger charge is -2.28. The molecule has 0 atom stereocenters. The van der Waals surface area contributed by atoms with E-state index in [9.17, 15) is 14.0 Å². The van der Waals surface area contributed by atoms with Crippen LogP contribution in [0.15, 0.2) is 12.1 Å². The molecule has 0 saturated heterocycles. The Bertz CT molecular complexity index is 658. The fourth-order valence-corrected chi connectivity index (χ4v) is 3.54. The Hall–Kier alpha value is -1.66. The average Bonchev–Trinajstić information content (AvgIpc) is 2.77. The van der Waals surface area contributed by atoms with Gasteiger partial charge in [0.15, 0.2) is 0 Å². The van der Waals surface area contributed by atoms with Crippen LogP contribution in [0.5, 0.6) is 0 Å². The summed E-state index contributed by atoms with van der Waals surface area (Å²) in [7, 11) is 0. The second kappa shape index (κ2) is 8.15. The number of halogens is 2. The van der Waals surface area contributed by atoms with Crippen LogP contribution in [0.4, 0.5) is 10.1 Å². The number of rotatable bonds is 3. The standard InChI is InChI=1S/C18H24FN3O2.ClH/c19-14-10-15-12(5-6-16(23)22-15)9-13(14)17(24)21-11-18(20)7-3-1-2-4-8-18;/h9-10H,1-8,11,20H2,(H,21,24)(H,22,23);1H. The van der Waals surface area contributed by atoms with Crippen LogP contribution < -0.4 is 16.4 Å². The Morgan fingerprint density at radius 3 is 2.56 bits per heavy atom. The molecule has 5 nitrogen and oxygen atoms in total. The van der Waals surface area contributed by atoms with Crippen LogP contribution in [0.2, 0.25) is 0 Å². The van der Waals surface area contributed by atoms with Crippen LogP contribution in [-0.2, 0) is 11.2 Å². The molecule has 2 aliphatic rings. The Morgan fingerprint density at radius 2 is 1.88 bits per heavy atom. The van der Waals surface area contributed by atoms with Crippen LogP contribution in [0, 0.1) is 5.82 Å².